The molecule has 0 aromatic heterocycles. The molecule has 1 N–H and O–H groups in total. The minimum absolute atomic E-state index is 0.146. The standard InChI is InChI=1S/C16H23ClO4/c1-3-20-16(19)7-5-4-6-10-21-15-9-8-13(17)11-14(15)12(2)18/h8-9,11-12,18H,3-7,10H2,1-2H3/t12-/m1/s1. The third-order valence-electron chi connectivity index (χ3n) is 3.01. The Morgan fingerprint density at radius 1 is 1.33 bits per heavy atom. The van der Waals surface area contributed by atoms with Crippen molar-refractivity contribution in [2.24, 2.45) is 0 Å². The average molecular weight is 315 g/mol. The minimum Gasteiger partial charge on any atom is -0.493 e. The molecule has 0 spiro atoms. The first-order chi connectivity index (χ1) is 10.0. The summed E-state index contributed by atoms with van der Waals surface area (Å²) in [5, 5.41) is 10.3. The number of benzene rings is 1. The van der Waals surface area contributed by atoms with Gasteiger partial charge in [0.15, 0.2) is 0 Å². The summed E-state index contributed by atoms with van der Waals surface area (Å²) in [6.45, 7) is 4.46. The molecule has 0 saturated heterocycles. The molecule has 0 fully saturated rings. The molecule has 0 aliphatic rings. The highest BCUT2D eigenvalue weighted by Gasteiger charge is 2.10. The number of aliphatic hydroxyl groups excluding tert-OH is 1. The van der Waals surface area contributed by atoms with Crippen LogP contribution in [0, 0.1) is 0 Å². The summed E-state index contributed by atoms with van der Waals surface area (Å²) in [5.41, 5.74) is 0.689. The predicted octanol–water partition coefficient (Wildman–Crippen LogP) is 3.90. The van der Waals surface area contributed by atoms with Crippen molar-refractivity contribution in [3.8, 4) is 5.75 Å². The summed E-state index contributed by atoms with van der Waals surface area (Å²) >= 11 is 5.91. The molecule has 118 valence electrons. The Bertz CT molecular complexity index is 446. The maximum absolute atomic E-state index is 11.2. The molecule has 0 amide bonds. The van der Waals surface area contributed by atoms with Crippen LogP contribution >= 0.6 is 11.6 Å². The van der Waals surface area contributed by atoms with E-state index in [0.717, 1.165) is 19.3 Å². The van der Waals surface area contributed by atoms with E-state index >= 15 is 0 Å². The van der Waals surface area contributed by atoms with Crippen LogP contribution in [0.2, 0.25) is 5.02 Å². The predicted molar refractivity (Wildman–Crippen MR) is 82.7 cm³/mol. The van der Waals surface area contributed by atoms with Gasteiger partial charge in [0.25, 0.3) is 0 Å². The highest BCUT2D eigenvalue weighted by atomic mass is 35.5. The quantitative estimate of drug-likeness (QED) is 0.555. The lowest BCUT2D eigenvalue weighted by molar-refractivity contribution is -0.143. The number of hydrogen-bond acceptors (Lipinski definition) is 4. The van der Waals surface area contributed by atoms with Crippen molar-refractivity contribution in [3.63, 3.8) is 0 Å². The molecule has 0 aliphatic carbocycles. The summed E-state index contributed by atoms with van der Waals surface area (Å²) in [6, 6.07) is 5.22. The Morgan fingerprint density at radius 2 is 2.10 bits per heavy atom. The fourth-order valence-electron chi connectivity index (χ4n) is 1.94. The van der Waals surface area contributed by atoms with Gasteiger partial charge in [0, 0.05) is 17.0 Å². The number of esters is 1. The normalized spacial score (nSPS) is 12.0. The Morgan fingerprint density at radius 3 is 2.76 bits per heavy atom. The van der Waals surface area contributed by atoms with Gasteiger partial charge in [0.2, 0.25) is 0 Å². The van der Waals surface area contributed by atoms with Gasteiger partial charge >= 0.3 is 5.97 Å². The van der Waals surface area contributed by atoms with Crippen molar-refractivity contribution in [2.75, 3.05) is 13.2 Å². The first-order valence-electron chi connectivity index (χ1n) is 7.30. The summed E-state index contributed by atoms with van der Waals surface area (Å²) in [5.74, 6) is 0.507. The number of ether oxygens (including phenoxy) is 2. The van der Waals surface area contributed by atoms with Crippen molar-refractivity contribution < 1.29 is 19.4 Å². The molecule has 1 aromatic carbocycles. The number of halogens is 1. The van der Waals surface area contributed by atoms with Crippen LogP contribution in [-0.4, -0.2) is 24.3 Å². The largest absolute Gasteiger partial charge is 0.493 e. The van der Waals surface area contributed by atoms with Gasteiger partial charge in [-0.05, 0) is 51.3 Å². The molecule has 0 radical (unpaired) electrons. The van der Waals surface area contributed by atoms with E-state index in [-0.39, 0.29) is 5.97 Å². The second-order valence-corrected chi connectivity index (χ2v) is 5.26. The van der Waals surface area contributed by atoms with Gasteiger partial charge in [-0.3, -0.25) is 4.79 Å². The van der Waals surface area contributed by atoms with Gasteiger partial charge in [-0.25, -0.2) is 0 Å². The van der Waals surface area contributed by atoms with Crippen molar-refractivity contribution >= 4 is 17.6 Å². The van der Waals surface area contributed by atoms with Crippen molar-refractivity contribution in [2.45, 2.75) is 45.6 Å². The number of rotatable bonds is 9. The highest BCUT2D eigenvalue weighted by molar-refractivity contribution is 6.30. The first-order valence-corrected chi connectivity index (χ1v) is 7.68. The van der Waals surface area contributed by atoms with E-state index in [9.17, 15) is 9.90 Å². The fourth-order valence-corrected chi connectivity index (χ4v) is 2.12. The van der Waals surface area contributed by atoms with Crippen LogP contribution in [0.5, 0.6) is 5.75 Å². The maximum atomic E-state index is 11.2. The van der Waals surface area contributed by atoms with E-state index in [2.05, 4.69) is 0 Å². The second kappa shape index (κ2) is 9.64. The summed E-state index contributed by atoms with van der Waals surface area (Å²) in [7, 11) is 0. The van der Waals surface area contributed by atoms with E-state index < -0.39 is 6.10 Å². The summed E-state index contributed by atoms with van der Waals surface area (Å²) in [6.07, 6.45) is 2.37. The van der Waals surface area contributed by atoms with Crippen LogP contribution in [0.1, 0.15) is 51.2 Å². The molecular formula is C16H23ClO4. The van der Waals surface area contributed by atoms with Crippen LogP contribution in [0.15, 0.2) is 18.2 Å². The Hall–Kier alpha value is -1.26. The van der Waals surface area contributed by atoms with Gasteiger partial charge in [0.1, 0.15) is 5.75 Å². The summed E-state index contributed by atoms with van der Waals surface area (Å²) in [4.78, 5) is 11.2. The molecule has 0 unspecified atom stereocenters. The number of aliphatic hydroxyl groups is 1. The topological polar surface area (TPSA) is 55.8 Å². The molecule has 0 saturated carbocycles. The zero-order chi connectivity index (χ0) is 15.7. The molecule has 1 rings (SSSR count). The zero-order valence-electron chi connectivity index (χ0n) is 12.6. The van der Waals surface area contributed by atoms with Gasteiger partial charge in [0.05, 0.1) is 19.3 Å². The lowest BCUT2D eigenvalue weighted by Gasteiger charge is -2.13. The third kappa shape index (κ3) is 6.82. The van der Waals surface area contributed by atoms with E-state index in [0.29, 0.717) is 36.0 Å². The van der Waals surface area contributed by atoms with Crippen molar-refractivity contribution in [1.82, 2.24) is 0 Å². The number of carbonyl (C=O) groups is 1. The number of unbranched alkanes of at least 4 members (excludes halogenated alkanes) is 2. The molecule has 0 heterocycles. The van der Waals surface area contributed by atoms with Crippen LogP contribution in [0.4, 0.5) is 0 Å². The summed E-state index contributed by atoms with van der Waals surface area (Å²) < 4.78 is 10.5. The molecule has 1 atom stereocenters. The van der Waals surface area contributed by atoms with Crippen molar-refractivity contribution in [3.05, 3.63) is 28.8 Å². The smallest absolute Gasteiger partial charge is 0.305 e. The second-order valence-electron chi connectivity index (χ2n) is 4.82. The van der Waals surface area contributed by atoms with E-state index in [1.807, 2.05) is 0 Å². The molecular weight excluding hydrogens is 292 g/mol. The molecule has 5 heteroatoms. The molecule has 1 aromatic rings. The van der Waals surface area contributed by atoms with Crippen LogP contribution in [-0.2, 0) is 9.53 Å². The molecule has 0 aliphatic heterocycles. The third-order valence-corrected chi connectivity index (χ3v) is 3.25. The average Bonchev–Trinajstić information content (AvgIpc) is 2.44. The lowest BCUT2D eigenvalue weighted by atomic mass is 10.1. The number of carbonyl (C=O) groups excluding carboxylic acids is 1. The molecule has 21 heavy (non-hydrogen) atoms. The monoisotopic (exact) mass is 314 g/mol. The van der Waals surface area contributed by atoms with Crippen LogP contribution in [0.3, 0.4) is 0 Å². The molecule has 0 bridgehead atoms. The SMILES string of the molecule is CCOC(=O)CCCCCOc1ccc(Cl)cc1[C@@H](C)O. The van der Waals surface area contributed by atoms with Gasteiger partial charge in [-0.1, -0.05) is 11.6 Å². The zero-order valence-corrected chi connectivity index (χ0v) is 13.4. The van der Waals surface area contributed by atoms with E-state index in [1.165, 1.54) is 0 Å². The van der Waals surface area contributed by atoms with E-state index in [1.54, 1.807) is 32.0 Å². The van der Waals surface area contributed by atoms with Gasteiger partial charge in [-0.2, -0.15) is 0 Å². The van der Waals surface area contributed by atoms with Crippen molar-refractivity contribution in [1.29, 1.82) is 0 Å². The molecule has 4 nitrogen and oxygen atoms in total. The Balaban J connectivity index is 2.28. The minimum atomic E-state index is -0.623. The fraction of sp³-hybridized carbons (Fsp3) is 0.562. The lowest BCUT2D eigenvalue weighted by Crippen LogP contribution is -2.05. The van der Waals surface area contributed by atoms with Gasteiger partial charge < -0.3 is 14.6 Å². The number of hydrogen-bond donors (Lipinski definition) is 1. The Labute approximate surface area is 131 Å². The first kappa shape index (κ1) is 17.8. The van der Waals surface area contributed by atoms with E-state index in [4.69, 9.17) is 21.1 Å². The maximum Gasteiger partial charge on any atom is 0.305 e. The van der Waals surface area contributed by atoms with Gasteiger partial charge in [-0.15, -0.1) is 0 Å². The van der Waals surface area contributed by atoms with Crippen LogP contribution in [0.25, 0.3) is 0 Å². The highest BCUT2D eigenvalue weighted by Crippen LogP contribution is 2.28. The van der Waals surface area contributed by atoms with Crippen LogP contribution < -0.4 is 4.74 Å². The Kier molecular flexibility index (Phi) is 8.16.